The van der Waals surface area contributed by atoms with Crippen molar-refractivity contribution in [1.29, 1.82) is 0 Å². The lowest BCUT2D eigenvalue weighted by Crippen LogP contribution is -2.19. The topological polar surface area (TPSA) is 52.6 Å². The van der Waals surface area contributed by atoms with Gasteiger partial charge in [-0.1, -0.05) is 60.7 Å². The highest BCUT2D eigenvalue weighted by Gasteiger charge is 2.09. The summed E-state index contributed by atoms with van der Waals surface area (Å²) in [5, 5.41) is 12.5. The number of phenolic OH excluding ortho intramolecular Hbond substituents is 1. The molecule has 4 aromatic rings. The van der Waals surface area contributed by atoms with Crippen LogP contribution in [0.15, 0.2) is 103 Å². The number of hydrogen-bond acceptors (Lipinski definition) is 3. The molecule has 0 saturated heterocycles. The van der Waals surface area contributed by atoms with Gasteiger partial charge in [0.1, 0.15) is 5.75 Å². The van der Waals surface area contributed by atoms with Gasteiger partial charge in [0.2, 0.25) is 0 Å². The summed E-state index contributed by atoms with van der Waals surface area (Å²) >= 11 is 0. The van der Waals surface area contributed by atoms with Crippen LogP contribution in [0.2, 0.25) is 0 Å². The molecule has 0 fully saturated rings. The molecule has 0 aliphatic rings. The van der Waals surface area contributed by atoms with E-state index < -0.39 is 0 Å². The molecule has 0 heterocycles. The lowest BCUT2D eigenvalue weighted by atomic mass is 10.0. The Morgan fingerprint density at radius 3 is 2.18 bits per heavy atom. The van der Waals surface area contributed by atoms with Gasteiger partial charge < -0.3 is 15.3 Å². The fourth-order valence-electron chi connectivity index (χ4n) is 3.79. The average Bonchev–Trinajstić information content (AvgIpc) is 2.85. The molecule has 0 atom stereocenters. The summed E-state index contributed by atoms with van der Waals surface area (Å²) in [5.74, 6) is 0.0926. The van der Waals surface area contributed by atoms with Gasteiger partial charge in [-0.2, -0.15) is 0 Å². The number of nitrogens with one attached hydrogen (secondary N) is 1. The molecule has 1 amide bonds. The van der Waals surface area contributed by atoms with Gasteiger partial charge in [-0.15, -0.1) is 0 Å². The van der Waals surface area contributed by atoms with Gasteiger partial charge in [-0.05, 0) is 72.0 Å². The van der Waals surface area contributed by atoms with Crippen molar-refractivity contribution >= 4 is 17.3 Å². The van der Waals surface area contributed by atoms with Crippen LogP contribution in [-0.4, -0.2) is 24.6 Å². The minimum Gasteiger partial charge on any atom is -0.508 e. The summed E-state index contributed by atoms with van der Waals surface area (Å²) in [5.41, 5.74) is 5.77. The molecule has 4 rings (SSSR count). The zero-order valence-electron chi connectivity index (χ0n) is 18.7. The number of nitrogens with zero attached hydrogens (tertiary/aromatic N) is 1. The standard InChI is InChI=1S/C29H28N2O2/c1-31(20-6-9-22-7-3-2-4-8-22)27-11-5-10-26(21-27)30-29(33)25-14-12-23(13-15-25)24-16-18-28(32)19-17-24/h2-5,7-8,10-19,21,32H,6,9,20H2,1H3,(H,30,33). The zero-order valence-corrected chi connectivity index (χ0v) is 18.7. The first-order valence-electron chi connectivity index (χ1n) is 11.1. The lowest BCUT2D eigenvalue weighted by molar-refractivity contribution is 0.102. The summed E-state index contributed by atoms with van der Waals surface area (Å²) in [6, 6.07) is 32.9. The minimum atomic E-state index is -0.142. The monoisotopic (exact) mass is 436 g/mol. The van der Waals surface area contributed by atoms with E-state index in [9.17, 15) is 9.90 Å². The molecule has 0 spiro atoms. The maximum atomic E-state index is 12.8. The van der Waals surface area contributed by atoms with E-state index >= 15 is 0 Å². The van der Waals surface area contributed by atoms with Crippen LogP contribution in [0.5, 0.6) is 5.75 Å². The Bertz CT molecular complexity index is 1190. The summed E-state index contributed by atoms with van der Waals surface area (Å²) in [4.78, 5) is 15.0. The van der Waals surface area contributed by atoms with Crippen LogP contribution in [0.4, 0.5) is 11.4 Å². The second kappa shape index (κ2) is 10.5. The van der Waals surface area contributed by atoms with E-state index in [1.165, 1.54) is 5.56 Å². The number of carbonyl (C=O) groups excluding carboxylic acids is 1. The highest BCUT2D eigenvalue weighted by molar-refractivity contribution is 6.04. The zero-order chi connectivity index (χ0) is 23.0. The van der Waals surface area contributed by atoms with Crippen LogP contribution in [0, 0.1) is 0 Å². The first-order valence-corrected chi connectivity index (χ1v) is 11.1. The van der Waals surface area contributed by atoms with Gasteiger partial charge in [-0.3, -0.25) is 4.79 Å². The van der Waals surface area contributed by atoms with Gasteiger partial charge in [-0.25, -0.2) is 0 Å². The number of anilines is 2. The molecule has 0 aromatic heterocycles. The number of aromatic hydroxyl groups is 1. The van der Waals surface area contributed by atoms with Crippen molar-refractivity contribution in [2.45, 2.75) is 12.8 Å². The van der Waals surface area contributed by atoms with Crippen LogP contribution < -0.4 is 10.2 Å². The Morgan fingerprint density at radius 2 is 1.48 bits per heavy atom. The highest BCUT2D eigenvalue weighted by atomic mass is 16.3. The first-order chi connectivity index (χ1) is 16.1. The third-order valence-electron chi connectivity index (χ3n) is 5.69. The molecule has 0 aliphatic carbocycles. The van der Waals surface area contributed by atoms with Crippen LogP contribution >= 0.6 is 0 Å². The Kier molecular flexibility index (Phi) is 7.06. The van der Waals surface area contributed by atoms with E-state index in [2.05, 4.69) is 47.6 Å². The molecule has 33 heavy (non-hydrogen) atoms. The molecular weight excluding hydrogens is 408 g/mol. The molecule has 2 N–H and O–H groups in total. The molecular formula is C29H28N2O2. The SMILES string of the molecule is CN(CCCc1ccccc1)c1cccc(NC(=O)c2ccc(-c3ccc(O)cc3)cc2)c1. The number of carbonyl (C=O) groups is 1. The number of benzene rings is 4. The molecule has 0 unspecified atom stereocenters. The molecule has 166 valence electrons. The summed E-state index contributed by atoms with van der Waals surface area (Å²) < 4.78 is 0. The van der Waals surface area contributed by atoms with E-state index in [4.69, 9.17) is 0 Å². The van der Waals surface area contributed by atoms with E-state index in [-0.39, 0.29) is 11.7 Å². The highest BCUT2D eigenvalue weighted by Crippen LogP contribution is 2.23. The van der Waals surface area contributed by atoms with Crippen molar-refractivity contribution in [3.63, 3.8) is 0 Å². The molecule has 4 heteroatoms. The van der Waals surface area contributed by atoms with Crippen molar-refractivity contribution in [1.82, 2.24) is 0 Å². The van der Waals surface area contributed by atoms with Crippen molar-refractivity contribution in [2.75, 3.05) is 23.8 Å². The predicted octanol–water partition coefficient (Wildman–Crippen LogP) is 6.38. The number of rotatable bonds is 8. The third-order valence-corrected chi connectivity index (χ3v) is 5.69. The van der Waals surface area contributed by atoms with Crippen molar-refractivity contribution in [3.8, 4) is 16.9 Å². The normalized spacial score (nSPS) is 10.6. The minimum absolute atomic E-state index is 0.142. The Morgan fingerprint density at radius 1 is 0.818 bits per heavy atom. The van der Waals surface area contributed by atoms with E-state index in [1.54, 1.807) is 12.1 Å². The Hall–Kier alpha value is -4.05. The van der Waals surface area contributed by atoms with Gasteiger partial charge in [0.05, 0.1) is 0 Å². The summed E-state index contributed by atoms with van der Waals surface area (Å²) in [6.45, 7) is 0.936. The quantitative estimate of drug-likeness (QED) is 0.337. The van der Waals surface area contributed by atoms with Gasteiger partial charge in [0, 0.05) is 30.5 Å². The molecule has 0 saturated carbocycles. The second-order valence-electron chi connectivity index (χ2n) is 8.14. The predicted molar refractivity (Wildman–Crippen MR) is 136 cm³/mol. The first kappa shape index (κ1) is 22.2. The number of amides is 1. The Labute approximate surface area is 195 Å². The average molecular weight is 437 g/mol. The van der Waals surface area contributed by atoms with Crippen LogP contribution in [-0.2, 0) is 6.42 Å². The van der Waals surface area contributed by atoms with Gasteiger partial charge >= 0.3 is 0 Å². The largest absolute Gasteiger partial charge is 0.508 e. The van der Waals surface area contributed by atoms with Crippen molar-refractivity contribution in [2.24, 2.45) is 0 Å². The van der Waals surface area contributed by atoms with E-state index in [0.717, 1.165) is 41.9 Å². The summed E-state index contributed by atoms with van der Waals surface area (Å²) in [6.07, 6.45) is 2.10. The lowest BCUT2D eigenvalue weighted by Gasteiger charge is -2.20. The maximum absolute atomic E-state index is 12.8. The second-order valence-corrected chi connectivity index (χ2v) is 8.14. The van der Waals surface area contributed by atoms with Crippen molar-refractivity contribution in [3.05, 3.63) is 114 Å². The fraction of sp³-hybridized carbons (Fsp3) is 0.138. The number of hydrogen-bond donors (Lipinski definition) is 2. The molecule has 0 radical (unpaired) electrons. The van der Waals surface area contributed by atoms with Crippen molar-refractivity contribution < 1.29 is 9.90 Å². The van der Waals surface area contributed by atoms with E-state index in [1.807, 2.05) is 60.7 Å². The molecule has 0 aliphatic heterocycles. The molecule has 4 aromatic carbocycles. The van der Waals surface area contributed by atoms with Gasteiger partial charge in [0.25, 0.3) is 5.91 Å². The number of aryl methyl sites for hydroxylation is 1. The molecule has 0 bridgehead atoms. The van der Waals surface area contributed by atoms with E-state index in [0.29, 0.717) is 5.56 Å². The third kappa shape index (κ3) is 6.01. The van der Waals surface area contributed by atoms with Crippen LogP contribution in [0.3, 0.4) is 0 Å². The van der Waals surface area contributed by atoms with Gasteiger partial charge in [0.15, 0.2) is 0 Å². The molecule has 4 nitrogen and oxygen atoms in total. The number of phenols is 1. The smallest absolute Gasteiger partial charge is 0.255 e. The van der Waals surface area contributed by atoms with Crippen LogP contribution in [0.1, 0.15) is 22.3 Å². The Balaban J connectivity index is 1.35. The van der Waals surface area contributed by atoms with Crippen LogP contribution in [0.25, 0.3) is 11.1 Å². The summed E-state index contributed by atoms with van der Waals surface area (Å²) in [7, 11) is 2.08. The maximum Gasteiger partial charge on any atom is 0.255 e. The fourth-order valence-corrected chi connectivity index (χ4v) is 3.79.